The number of carbonyl (C=O) groups excluding carboxylic acids is 3. The molecule has 1 unspecified atom stereocenters. The Morgan fingerprint density at radius 3 is 1.05 bits per heavy atom. The summed E-state index contributed by atoms with van der Waals surface area (Å²) < 4.78 is 16.8. The first-order valence-electron chi connectivity index (χ1n) is 26.2. The molecule has 0 heterocycles. The van der Waals surface area contributed by atoms with Crippen molar-refractivity contribution < 1.29 is 28.6 Å². The quantitative estimate of drug-likeness (QED) is 0.0262. The second-order valence-electron chi connectivity index (χ2n) is 17.0. The first-order chi connectivity index (χ1) is 31.5. The molecular formula is C58H96O6. The van der Waals surface area contributed by atoms with Gasteiger partial charge in [0, 0.05) is 19.3 Å². The molecule has 0 aliphatic rings. The molecule has 0 fully saturated rings. The van der Waals surface area contributed by atoms with E-state index in [-0.39, 0.29) is 37.5 Å². The minimum atomic E-state index is -0.809. The van der Waals surface area contributed by atoms with E-state index in [0.29, 0.717) is 19.3 Å². The number of unbranched alkanes of at least 4 members (excludes halogenated alkanes) is 19. The summed E-state index contributed by atoms with van der Waals surface area (Å²) in [4.78, 5) is 38.0. The van der Waals surface area contributed by atoms with Gasteiger partial charge in [0.15, 0.2) is 6.10 Å². The van der Waals surface area contributed by atoms with Gasteiger partial charge in [-0.2, -0.15) is 0 Å². The maximum atomic E-state index is 12.8. The third kappa shape index (κ3) is 49.3. The van der Waals surface area contributed by atoms with E-state index >= 15 is 0 Å². The summed E-state index contributed by atoms with van der Waals surface area (Å²) in [5.41, 5.74) is 0. The van der Waals surface area contributed by atoms with Crippen LogP contribution in [0, 0.1) is 0 Å². The predicted octanol–water partition coefficient (Wildman–Crippen LogP) is 17.4. The van der Waals surface area contributed by atoms with E-state index in [1.54, 1.807) is 0 Å². The van der Waals surface area contributed by atoms with E-state index in [4.69, 9.17) is 14.2 Å². The highest BCUT2D eigenvalue weighted by molar-refractivity contribution is 5.71. The van der Waals surface area contributed by atoms with Crippen LogP contribution in [0.1, 0.15) is 233 Å². The lowest BCUT2D eigenvalue weighted by molar-refractivity contribution is -0.167. The van der Waals surface area contributed by atoms with Crippen molar-refractivity contribution in [3.05, 3.63) is 97.2 Å². The molecule has 0 amide bonds. The largest absolute Gasteiger partial charge is 0.462 e. The Kier molecular flexibility index (Phi) is 49.0. The summed E-state index contributed by atoms with van der Waals surface area (Å²) in [6, 6.07) is 0. The van der Waals surface area contributed by atoms with Crippen molar-refractivity contribution in [3.63, 3.8) is 0 Å². The lowest BCUT2D eigenvalue weighted by Gasteiger charge is -2.18. The van der Waals surface area contributed by atoms with Gasteiger partial charge < -0.3 is 14.2 Å². The number of carbonyl (C=O) groups is 3. The number of hydrogen-bond acceptors (Lipinski definition) is 6. The van der Waals surface area contributed by atoms with Gasteiger partial charge in [0.05, 0.1) is 0 Å². The van der Waals surface area contributed by atoms with E-state index in [9.17, 15) is 14.4 Å². The van der Waals surface area contributed by atoms with E-state index in [2.05, 4.69) is 118 Å². The van der Waals surface area contributed by atoms with Crippen LogP contribution < -0.4 is 0 Å². The molecule has 0 saturated heterocycles. The van der Waals surface area contributed by atoms with Gasteiger partial charge in [0.25, 0.3) is 0 Å². The third-order valence-electron chi connectivity index (χ3n) is 10.8. The number of ether oxygens (including phenoxy) is 3. The van der Waals surface area contributed by atoms with Crippen molar-refractivity contribution >= 4 is 17.9 Å². The van der Waals surface area contributed by atoms with Crippen molar-refractivity contribution in [1.82, 2.24) is 0 Å². The van der Waals surface area contributed by atoms with Crippen molar-refractivity contribution in [2.24, 2.45) is 0 Å². The topological polar surface area (TPSA) is 78.9 Å². The van der Waals surface area contributed by atoms with Gasteiger partial charge in [-0.1, -0.05) is 195 Å². The summed E-state index contributed by atoms with van der Waals surface area (Å²) in [5, 5.41) is 0. The van der Waals surface area contributed by atoms with Crippen LogP contribution in [0.5, 0.6) is 0 Å². The molecule has 0 radical (unpaired) electrons. The number of rotatable bonds is 46. The summed E-state index contributed by atoms with van der Waals surface area (Å²) in [6.45, 7) is 6.38. The first kappa shape index (κ1) is 60.3. The van der Waals surface area contributed by atoms with Gasteiger partial charge in [0.2, 0.25) is 0 Å². The number of allylic oxidation sites excluding steroid dienone is 16. The zero-order valence-electron chi connectivity index (χ0n) is 41.5. The molecule has 0 aromatic heterocycles. The highest BCUT2D eigenvalue weighted by Crippen LogP contribution is 2.13. The molecule has 0 rings (SSSR count). The summed E-state index contributed by atoms with van der Waals surface area (Å²) in [6.07, 6.45) is 68.2. The lowest BCUT2D eigenvalue weighted by atomic mass is 10.1. The van der Waals surface area contributed by atoms with E-state index in [0.717, 1.165) is 122 Å². The van der Waals surface area contributed by atoms with Crippen molar-refractivity contribution in [3.8, 4) is 0 Å². The van der Waals surface area contributed by atoms with Crippen LogP contribution in [0.3, 0.4) is 0 Å². The van der Waals surface area contributed by atoms with E-state index in [1.807, 2.05) is 0 Å². The molecule has 0 saturated carbocycles. The van der Waals surface area contributed by atoms with Crippen LogP contribution in [-0.4, -0.2) is 37.2 Å². The van der Waals surface area contributed by atoms with Gasteiger partial charge in [-0.15, -0.1) is 0 Å². The highest BCUT2D eigenvalue weighted by atomic mass is 16.6. The highest BCUT2D eigenvalue weighted by Gasteiger charge is 2.19. The Balaban J connectivity index is 4.47. The minimum Gasteiger partial charge on any atom is -0.462 e. The van der Waals surface area contributed by atoms with Crippen LogP contribution in [0.15, 0.2) is 97.2 Å². The van der Waals surface area contributed by atoms with Gasteiger partial charge >= 0.3 is 17.9 Å². The Labute approximate surface area is 394 Å². The monoisotopic (exact) mass is 889 g/mol. The van der Waals surface area contributed by atoms with Gasteiger partial charge in [0.1, 0.15) is 13.2 Å². The van der Waals surface area contributed by atoms with Crippen molar-refractivity contribution in [2.75, 3.05) is 13.2 Å². The normalized spacial score (nSPS) is 12.9. The number of hydrogen-bond donors (Lipinski definition) is 0. The van der Waals surface area contributed by atoms with Crippen molar-refractivity contribution in [2.45, 2.75) is 239 Å². The Morgan fingerprint density at radius 2 is 0.641 bits per heavy atom. The zero-order valence-corrected chi connectivity index (χ0v) is 41.5. The van der Waals surface area contributed by atoms with Crippen LogP contribution in [-0.2, 0) is 28.6 Å². The SMILES string of the molecule is CC/C=C\C/C=C\C/C=C\C/C=C\CCCCC(=O)OC(COC(=O)CCCCCCC/C=C\C/C=C\CCC)COC(=O)CCCCCCCCC/C=C\C/C=C\CCCCCC. The Hall–Kier alpha value is -3.67. The maximum Gasteiger partial charge on any atom is 0.306 e. The molecule has 64 heavy (non-hydrogen) atoms. The second kappa shape index (κ2) is 52.0. The fourth-order valence-corrected chi connectivity index (χ4v) is 6.85. The van der Waals surface area contributed by atoms with Crippen LogP contribution >= 0.6 is 0 Å². The standard InChI is InChI=1S/C58H96O6/c1-4-7-10-13-16-19-22-25-27-28-29-31-33-36-39-42-45-48-51-57(60)63-54-55(53-62-56(59)50-47-44-41-38-35-32-24-21-18-15-12-9-6-3)64-58(61)52-49-46-43-40-37-34-30-26-23-20-17-14-11-8-5-2/h8,11-12,15,17,19-22,24,26-28,30,37,40,55H,4-7,9-10,13-14,16,18,23,25,29,31-36,38-39,41-54H2,1-3H3/b11-8-,15-12-,20-17-,22-19-,24-21-,28-27-,30-26-,40-37-. The fraction of sp³-hybridized carbons (Fsp3) is 0.672. The summed E-state index contributed by atoms with van der Waals surface area (Å²) in [7, 11) is 0. The van der Waals surface area contributed by atoms with E-state index in [1.165, 1.54) is 64.2 Å². The lowest BCUT2D eigenvalue weighted by Crippen LogP contribution is -2.30. The predicted molar refractivity (Wildman–Crippen MR) is 274 cm³/mol. The zero-order chi connectivity index (χ0) is 46.5. The van der Waals surface area contributed by atoms with Gasteiger partial charge in [-0.3, -0.25) is 14.4 Å². The Bertz CT molecular complexity index is 1300. The number of esters is 3. The molecule has 0 aromatic rings. The minimum absolute atomic E-state index is 0.104. The molecule has 0 aromatic carbocycles. The third-order valence-corrected chi connectivity index (χ3v) is 10.8. The fourth-order valence-electron chi connectivity index (χ4n) is 6.85. The van der Waals surface area contributed by atoms with E-state index < -0.39 is 6.10 Å². The summed E-state index contributed by atoms with van der Waals surface area (Å²) >= 11 is 0. The molecule has 0 aliphatic heterocycles. The van der Waals surface area contributed by atoms with Crippen LogP contribution in [0.2, 0.25) is 0 Å². The smallest absolute Gasteiger partial charge is 0.306 e. The van der Waals surface area contributed by atoms with Gasteiger partial charge in [-0.05, 0) is 116 Å². The second-order valence-corrected chi connectivity index (χ2v) is 17.0. The molecule has 0 spiro atoms. The van der Waals surface area contributed by atoms with Gasteiger partial charge in [-0.25, -0.2) is 0 Å². The molecule has 1 atom stereocenters. The van der Waals surface area contributed by atoms with Crippen LogP contribution in [0.25, 0.3) is 0 Å². The maximum absolute atomic E-state index is 12.8. The van der Waals surface area contributed by atoms with Crippen molar-refractivity contribution in [1.29, 1.82) is 0 Å². The molecular weight excluding hydrogens is 793 g/mol. The molecule has 6 heteroatoms. The molecule has 6 nitrogen and oxygen atoms in total. The van der Waals surface area contributed by atoms with Crippen LogP contribution in [0.4, 0.5) is 0 Å². The first-order valence-corrected chi connectivity index (χ1v) is 26.2. The molecule has 0 aliphatic carbocycles. The molecule has 0 bridgehead atoms. The molecule has 364 valence electrons. The molecule has 0 N–H and O–H groups in total. The summed E-state index contributed by atoms with van der Waals surface area (Å²) in [5.74, 6) is -0.971. The average molecular weight is 889 g/mol. The Morgan fingerprint density at radius 1 is 0.328 bits per heavy atom. The average Bonchev–Trinajstić information content (AvgIpc) is 3.29.